The normalized spacial score (nSPS) is 9.27. The van der Waals surface area contributed by atoms with E-state index in [2.05, 4.69) is 5.32 Å². The molecule has 0 saturated heterocycles. The maximum atomic E-state index is 11.2. The second kappa shape index (κ2) is 5.17. The van der Waals surface area contributed by atoms with Gasteiger partial charge in [-0.15, -0.1) is 0 Å². The van der Waals surface area contributed by atoms with Crippen molar-refractivity contribution in [2.45, 2.75) is 0 Å². The molecule has 0 fully saturated rings. The van der Waals surface area contributed by atoms with Gasteiger partial charge in [0.2, 0.25) is 0 Å². The number of furan rings is 1. The third-order valence-corrected chi connectivity index (χ3v) is 1.88. The number of carbonyl (C=O) groups excluding carboxylic acids is 1. The average Bonchev–Trinajstić information content (AvgIpc) is 2.74. The Morgan fingerprint density at radius 1 is 1.33 bits per heavy atom. The molecule has 2 aromatic rings. The predicted molar refractivity (Wildman–Crippen MR) is 57.7 cm³/mol. The number of hydrogen-bond acceptors (Lipinski definition) is 3. The summed E-state index contributed by atoms with van der Waals surface area (Å²) < 4.78 is 5.31. The Hall–Kier alpha value is -1.81. The molecular formula is C11H13NO3. The van der Waals surface area contributed by atoms with Crippen LogP contribution in [0.25, 0.3) is 11.0 Å². The van der Waals surface area contributed by atoms with Crippen LogP contribution in [0.15, 0.2) is 34.7 Å². The molecule has 1 aromatic carbocycles. The van der Waals surface area contributed by atoms with E-state index in [4.69, 9.17) is 9.52 Å². The maximum Gasteiger partial charge on any atom is 0.286 e. The summed E-state index contributed by atoms with van der Waals surface area (Å²) >= 11 is 0. The number of para-hydroxylation sites is 1. The molecule has 2 N–H and O–H groups in total. The molecule has 0 unspecified atom stereocenters. The lowest BCUT2D eigenvalue weighted by molar-refractivity contribution is 0.0938. The number of fused-ring (bicyclic) bond motifs is 1. The number of amides is 1. The first kappa shape index (κ1) is 11.3. The SMILES string of the molecule is CNC(=O)c1cc2ccccc2o1.CO. The highest BCUT2D eigenvalue weighted by Crippen LogP contribution is 2.18. The number of carbonyl (C=O) groups is 1. The molecule has 0 radical (unpaired) electrons. The van der Waals surface area contributed by atoms with Crippen molar-refractivity contribution >= 4 is 16.9 Å². The molecule has 0 aliphatic heterocycles. The lowest BCUT2D eigenvalue weighted by atomic mass is 10.2. The van der Waals surface area contributed by atoms with E-state index in [9.17, 15) is 4.79 Å². The summed E-state index contributed by atoms with van der Waals surface area (Å²) in [5.41, 5.74) is 0.737. The molecular weight excluding hydrogens is 194 g/mol. The summed E-state index contributed by atoms with van der Waals surface area (Å²) in [6, 6.07) is 9.26. The number of hydrogen-bond donors (Lipinski definition) is 2. The quantitative estimate of drug-likeness (QED) is 0.743. The Morgan fingerprint density at radius 2 is 2.00 bits per heavy atom. The highest BCUT2D eigenvalue weighted by molar-refractivity contribution is 5.95. The summed E-state index contributed by atoms with van der Waals surface area (Å²) in [6.45, 7) is 0. The fourth-order valence-corrected chi connectivity index (χ4v) is 1.22. The Labute approximate surface area is 87.5 Å². The predicted octanol–water partition coefficient (Wildman–Crippen LogP) is 1.40. The van der Waals surface area contributed by atoms with Crippen LogP contribution in [0.5, 0.6) is 0 Å². The smallest absolute Gasteiger partial charge is 0.286 e. The number of rotatable bonds is 1. The zero-order valence-electron chi connectivity index (χ0n) is 8.65. The lowest BCUT2D eigenvalue weighted by Gasteiger charge is -1.90. The van der Waals surface area contributed by atoms with Crippen LogP contribution in [0.4, 0.5) is 0 Å². The zero-order valence-corrected chi connectivity index (χ0v) is 8.65. The van der Waals surface area contributed by atoms with Crippen LogP contribution in [0.3, 0.4) is 0 Å². The largest absolute Gasteiger partial charge is 0.451 e. The topological polar surface area (TPSA) is 62.5 Å². The van der Waals surface area contributed by atoms with E-state index < -0.39 is 0 Å². The van der Waals surface area contributed by atoms with Crippen LogP contribution < -0.4 is 5.32 Å². The van der Waals surface area contributed by atoms with Gasteiger partial charge in [-0.1, -0.05) is 18.2 Å². The van der Waals surface area contributed by atoms with Crippen LogP contribution in [-0.4, -0.2) is 25.2 Å². The number of benzene rings is 1. The van der Waals surface area contributed by atoms with E-state index in [1.165, 1.54) is 0 Å². The van der Waals surface area contributed by atoms with Crippen LogP contribution >= 0.6 is 0 Å². The van der Waals surface area contributed by atoms with Gasteiger partial charge in [0.05, 0.1) is 0 Å². The summed E-state index contributed by atoms with van der Waals surface area (Å²) in [6.07, 6.45) is 0. The third-order valence-electron chi connectivity index (χ3n) is 1.88. The van der Waals surface area contributed by atoms with Crippen LogP contribution in [0.1, 0.15) is 10.6 Å². The molecule has 0 atom stereocenters. The van der Waals surface area contributed by atoms with Crippen molar-refractivity contribution in [3.8, 4) is 0 Å². The van der Waals surface area contributed by atoms with Crippen molar-refractivity contribution in [2.75, 3.05) is 14.2 Å². The van der Waals surface area contributed by atoms with Gasteiger partial charge in [0.1, 0.15) is 5.58 Å². The van der Waals surface area contributed by atoms with E-state index in [0.29, 0.717) is 5.76 Å². The van der Waals surface area contributed by atoms with Crippen molar-refractivity contribution in [1.29, 1.82) is 0 Å². The minimum atomic E-state index is -0.198. The van der Waals surface area contributed by atoms with Gasteiger partial charge >= 0.3 is 0 Å². The number of aliphatic hydroxyl groups is 1. The van der Waals surface area contributed by atoms with Gasteiger partial charge in [0.15, 0.2) is 5.76 Å². The van der Waals surface area contributed by atoms with Crippen molar-refractivity contribution in [2.24, 2.45) is 0 Å². The van der Waals surface area contributed by atoms with Gasteiger partial charge in [-0.3, -0.25) is 4.79 Å². The molecule has 80 valence electrons. The zero-order chi connectivity index (χ0) is 11.3. The first-order valence-electron chi connectivity index (χ1n) is 4.46. The van der Waals surface area contributed by atoms with Gasteiger partial charge in [0.25, 0.3) is 5.91 Å². The molecule has 1 aromatic heterocycles. The highest BCUT2D eigenvalue weighted by atomic mass is 16.3. The van der Waals surface area contributed by atoms with Gasteiger partial charge in [0, 0.05) is 19.5 Å². The number of nitrogens with one attached hydrogen (secondary N) is 1. The molecule has 0 aliphatic carbocycles. The molecule has 1 amide bonds. The first-order valence-corrected chi connectivity index (χ1v) is 4.46. The van der Waals surface area contributed by atoms with Gasteiger partial charge in [-0.05, 0) is 12.1 Å². The minimum Gasteiger partial charge on any atom is -0.451 e. The molecule has 4 nitrogen and oxygen atoms in total. The van der Waals surface area contributed by atoms with Gasteiger partial charge < -0.3 is 14.8 Å². The standard InChI is InChI=1S/C10H9NO2.CH4O/c1-11-10(12)9-6-7-4-2-3-5-8(7)13-9;1-2/h2-6H,1H3,(H,11,12);2H,1H3. The van der Waals surface area contributed by atoms with Gasteiger partial charge in [-0.2, -0.15) is 0 Å². The lowest BCUT2D eigenvalue weighted by Crippen LogP contribution is -2.16. The summed E-state index contributed by atoms with van der Waals surface area (Å²) in [5.74, 6) is 0.153. The molecule has 1 heterocycles. The Kier molecular flexibility index (Phi) is 3.88. The van der Waals surface area contributed by atoms with Gasteiger partial charge in [-0.25, -0.2) is 0 Å². The monoisotopic (exact) mass is 207 g/mol. The second-order valence-electron chi connectivity index (χ2n) is 2.73. The molecule has 2 rings (SSSR count). The van der Waals surface area contributed by atoms with E-state index in [1.807, 2.05) is 24.3 Å². The molecule has 4 heteroatoms. The Balaban J connectivity index is 0.000000531. The van der Waals surface area contributed by atoms with Crippen molar-refractivity contribution in [3.05, 3.63) is 36.1 Å². The third kappa shape index (κ3) is 2.35. The molecule has 15 heavy (non-hydrogen) atoms. The summed E-state index contributed by atoms with van der Waals surface area (Å²) in [5, 5.41) is 10.5. The second-order valence-corrected chi connectivity index (χ2v) is 2.73. The first-order chi connectivity index (χ1) is 7.31. The molecule has 0 aliphatic rings. The summed E-state index contributed by atoms with van der Waals surface area (Å²) in [4.78, 5) is 11.2. The van der Waals surface area contributed by atoms with Crippen molar-refractivity contribution in [3.63, 3.8) is 0 Å². The van der Waals surface area contributed by atoms with Crippen LogP contribution in [0.2, 0.25) is 0 Å². The van der Waals surface area contributed by atoms with E-state index in [1.54, 1.807) is 13.1 Å². The molecule has 0 saturated carbocycles. The fourth-order valence-electron chi connectivity index (χ4n) is 1.22. The Bertz CT molecular complexity index is 415. The van der Waals surface area contributed by atoms with Crippen LogP contribution in [0, 0.1) is 0 Å². The highest BCUT2D eigenvalue weighted by Gasteiger charge is 2.08. The minimum absolute atomic E-state index is 0.198. The molecule has 0 bridgehead atoms. The van der Waals surface area contributed by atoms with E-state index in [-0.39, 0.29) is 5.91 Å². The van der Waals surface area contributed by atoms with Crippen LogP contribution in [-0.2, 0) is 0 Å². The average molecular weight is 207 g/mol. The van der Waals surface area contributed by atoms with E-state index >= 15 is 0 Å². The molecule has 0 spiro atoms. The number of aliphatic hydroxyl groups excluding tert-OH is 1. The fraction of sp³-hybridized carbons (Fsp3) is 0.182. The van der Waals surface area contributed by atoms with Crippen molar-refractivity contribution in [1.82, 2.24) is 5.32 Å². The van der Waals surface area contributed by atoms with Crippen molar-refractivity contribution < 1.29 is 14.3 Å². The van der Waals surface area contributed by atoms with E-state index in [0.717, 1.165) is 18.1 Å². The Morgan fingerprint density at radius 3 is 2.60 bits per heavy atom. The summed E-state index contributed by atoms with van der Waals surface area (Å²) in [7, 11) is 2.58. The maximum absolute atomic E-state index is 11.2.